The number of morpholine rings is 1. The summed E-state index contributed by atoms with van der Waals surface area (Å²) < 4.78 is 16.8. The van der Waals surface area contributed by atoms with Crippen LogP contribution < -0.4 is 19.9 Å². The number of methoxy groups -OCH3 is 1. The number of para-hydroxylation sites is 1. The number of ether oxygens (including phenoxy) is 3. The van der Waals surface area contributed by atoms with Crippen LogP contribution in [-0.2, 0) is 19.1 Å². The molecular formula is C23H21BrClN3O6. The summed E-state index contributed by atoms with van der Waals surface area (Å²) in [5.41, 5.74) is 3.45. The lowest BCUT2D eigenvalue weighted by atomic mass is 10.1. The van der Waals surface area contributed by atoms with Crippen molar-refractivity contribution >= 4 is 57.0 Å². The number of benzene rings is 2. The van der Waals surface area contributed by atoms with E-state index >= 15 is 0 Å². The van der Waals surface area contributed by atoms with Crippen molar-refractivity contribution in [1.82, 2.24) is 10.3 Å². The van der Waals surface area contributed by atoms with Crippen molar-refractivity contribution in [1.29, 1.82) is 0 Å². The van der Waals surface area contributed by atoms with E-state index < -0.39 is 11.8 Å². The molecule has 34 heavy (non-hydrogen) atoms. The van der Waals surface area contributed by atoms with E-state index in [-0.39, 0.29) is 34.6 Å². The number of hydrogen-bond acceptors (Lipinski definition) is 6. The summed E-state index contributed by atoms with van der Waals surface area (Å²) in [5, 5.41) is 1.32. The molecule has 3 amide bonds. The molecule has 2 aliphatic heterocycles. The van der Waals surface area contributed by atoms with E-state index in [2.05, 4.69) is 21.4 Å². The molecule has 0 aromatic heterocycles. The van der Waals surface area contributed by atoms with Crippen LogP contribution in [0.4, 0.5) is 5.69 Å². The van der Waals surface area contributed by atoms with E-state index in [1.165, 1.54) is 18.2 Å². The van der Waals surface area contributed by atoms with Crippen molar-refractivity contribution in [3.63, 3.8) is 0 Å². The smallest absolute Gasteiger partial charge is 0.282 e. The Bertz CT molecular complexity index is 1150. The van der Waals surface area contributed by atoms with Crippen LogP contribution in [0.25, 0.3) is 6.08 Å². The third-order valence-corrected chi connectivity index (χ3v) is 6.73. The summed E-state index contributed by atoms with van der Waals surface area (Å²) in [6.07, 6.45) is 1.42. The fourth-order valence-electron chi connectivity index (χ4n) is 3.51. The van der Waals surface area contributed by atoms with Crippen molar-refractivity contribution < 1.29 is 28.6 Å². The topological polar surface area (TPSA) is 97.4 Å². The van der Waals surface area contributed by atoms with Crippen molar-refractivity contribution in [3.8, 4) is 11.5 Å². The van der Waals surface area contributed by atoms with Gasteiger partial charge in [-0.2, -0.15) is 0 Å². The Labute approximate surface area is 209 Å². The number of carbonyl (C=O) groups excluding carboxylic acids is 3. The standard InChI is InChI=1S/C23H21BrClN3O6/c1-32-17-12-14(11-16-22(30)26-28(23(16)31)15-5-3-2-4-6-15)19(24)20(25)21(17)34-13-18(29)27-7-9-33-10-8-27/h2-6,11-12H,7-10,13H2,1H3,(H,26,30)/b16-11-. The van der Waals surface area contributed by atoms with Crippen molar-refractivity contribution in [2.75, 3.05) is 45.0 Å². The maximum Gasteiger partial charge on any atom is 0.282 e. The second-order valence-electron chi connectivity index (χ2n) is 7.38. The van der Waals surface area contributed by atoms with E-state index in [0.29, 0.717) is 42.0 Å². The molecular weight excluding hydrogens is 530 g/mol. The zero-order valence-corrected chi connectivity index (χ0v) is 20.5. The lowest BCUT2D eigenvalue weighted by Crippen LogP contribution is -2.43. The Morgan fingerprint density at radius 2 is 1.94 bits per heavy atom. The van der Waals surface area contributed by atoms with Gasteiger partial charge in [0.1, 0.15) is 10.6 Å². The maximum atomic E-state index is 12.9. The number of nitrogens with one attached hydrogen (secondary N) is 1. The number of nitrogens with zero attached hydrogens (tertiary/aromatic N) is 2. The number of halogens is 2. The minimum atomic E-state index is -0.549. The highest BCUT2D eigenvalue weighted by molar-refractivity contribution is 9.10. The van der Waals surface area contributed by atoms with Crippen molar-refractivity contribution in [3.05, 3.63) is 57.0 Å². The number of hydrazine groups is 1. The first kappa shape index (κ1) is 24.1. The Kier molecular flexibility index (Phi) is 7.40. The molecule has 2 aromatic rings. The molecule has 178 valence electrons. The lowest BCUT2D eigenvalue weighted by Gasteiger charge is -2.27. The van der Waals surface area contributed by atoms with Gasteiger partial charge in [0.25, 0.3) is 17.7 Å². The van der Waals surface area contributed by atoms with Gasteiger partial charge in [-0.1, -0.05) is 29.8 Å². The Morgan fingerprint density at radius 1 is 1.24 bits per heavy atom. The fraction of sp³-hybridized carbons (Fsp3) is 0.261. The van der Waals surface area contributed by atoms with E-state index in [1.54, 1.807) is 35.2 Å². The molecule has 0 radical (unpaired) electrons. The molecule has 0 saturated carbocycles. The van der Waals surface area contributed by atoms with Gasteiger partial charge in [-0.25, -0.2) is 5.01 Å². The average Bonchev–Trinajstić information content (AvgIpc) is 3.15. The van der Waals surface area contributed by atoms with Crippen molar-refractivity contribution in [2.45, 2.75) is 0 Å². The third kappa shape index (κ3) is 4.89. The first-order chi connectivity index (χ1) is 16.4. The zero-order chi connectivity index (χ0) is 24.2. The van der Waals surface area contributed by atoms with Crippen LogP contribution in [0.5, 0.6) is 11.5 Å². The predicted octanol–water partition coefficient (Wildman–Crippen LogP) is 2.81. The first-order valence-corrected chi connectivity index (χ1v) is 11.5. The van der Waals surface area contributed by atoms with Gasteiger partial charge < -0.3 is 19.1 Å². The summed E-state index contributed by atoms with van der Waals surface area (Å²) >= 11 is 9.92. The van der Waals surface area contributed by atoms with E-state index in [4.69, 9.17) is 25.8 Å². The molecule has 4 rings (SSSR count). The normalized spacial score (nSPS) is 17.2. The quantitative estimate of drug-likeness (QED) is 0.439. The van der Waals surface area contributed by atoms with Crippen LogP contribution in [0, 0.1) is 0 Å². The molecule has 2 heterocycles. The van der Waals surface area contributed by atoms with Gasteiger partial charge in [-0.05, 0) is 45.8 Å². The third-order valence-electron chi connectivity index (χ3n) is 5.29. The highest BCUT2D eigenvalue weighted by Gasteiger charge is 2.35. The Morgan fingerprint density at radius 3 is 2.62 bits per heavy atom. The molecule has 2 saturated heterocycles. The number of hydrogen-bond donors (Lipinski definition) is 1. The molecule has 2 aliphatic rings. The zero-order valence-electron chi connectivity index (χ0n) is 18.2. The average molecular weight is 551 g/mol. The van der Waals surface area contributed by atoms with Crippen LogP contribution >= 0.6 is 27.5 Å². The van der Waals surface area contributed by atoms with Crippen LogP contribution in [0.15, 0.2) is 46.4 Å². The summed E-state index contributed by atoms with van der Waals surface area (Å²) in [6.45, 7) is 1.74. The maximum absolute atomic E-state index is 12.9. The lowest BCUT2D eigenvalue weighted by molar-refractivity contribution is -0.137. The van der Waals surface area contributed by atoms with Crippen LogP contribution in [0.2, 0.25) is 5.02 Å². The molecule has 0 unspecified atom stereocenters. The van der Waals surface area contributed by atoms with E-state index in [9.17, 15) is 14.4 Å². The summed E-state index contributed by atoms with van der Waals surface area (Å²) in [5.74, 6) is -0.826. The molecule has 2 aromatic carbocycles. The van der Waals surface area contributed by atoms with E-state index in [0.717, 1.165) is 0 Å². The number of carbonyl (C=O) groups is 3. The minimum Gasteiger partial charge on any atom is -0.493 e. The van der Waals surface area contributed by atoms with Gasteiger partial charge >= 0.3 is 0 Å². The molecule has 0 spiro atoms. The van der Waals surface area contributed by atoms with Gasteiger partial charge in [0.05, 0.1) is 26.0 Å². The second-order valence-corrected chi connectivity index (χ2v) is 8.55. The Balaban J connectivity index is 1.58. The monoisotopic (exact) mass is 549 g/mol. The summed E-state index contributed by atoms with van der Waals surface area (Å²) in [7, 11) is 1.43. The molecule has 2 fully saturated rings. The molecule has 0 bridgehead atoms. The van der Waals surface area contributed by atoms with Gasteiger partial charge in [0.2, 0.25) is 0 Å². The van der Waals surface area contributed by atoms with Gasteiger partial charge in [-0.15, -0.1) is 0 Å². The van der Waals surface area contributed by atoms with Crippen LogP contribution in [0.3, 0.4) is 0 Å². The molecule has 0 atom stereocenters. The highest BCUT2D eigenvalue weighted by atomic mass is 79.9. The van der Waals surface area contributed by atoms with Gasteiger partial charge in [0, 0.05) is 17.6 Å². The second kappa shape index (κ2) is 10.5. The molecule has 9 nitrogen and oxygen atoms in total. The van der Waals surface area contributed by atoms with Crippen molar-refractivity contribution in [2.24, 2.45) is 0 Å². The van der Waals surface area contributed by atoms with Crippen LogP contribution in [0.1, 0.15) is 5.56 Å². The minimum absolute atomic E-state index is 0.0705. The van der Waals surface area contributed by atoms with Gasteiger partial charge in [-0.3, -0.25) is 19.8 Å². The van der Waals surface area contributed by atoms with Crippen LogP contribution in [-0.4, -0.2) is 62.6 Å². The number of amides is 3. The van der Waals surface area contributed by atoms with Gasteiger partial charge in [0.15, 0.2) is 18.1 Å². The summed E-state index contributed by atoms with van der Waals surface area (Å²) in [6, 6.07) is 10.3. The number of anilines is 1. The Hall–Kier alpha value is -3.08. The first-order valence-electron chi connectivity index (χ1n) is 10.4. The molecule has 1 N–H and O–H groups in total. The summed E-state index contributed by atoms with van der Waals surface area (Å²) in [4.78, 5) is 39.5. The highest BCUT2D eigenvalue weighted by Crippen LogP contribution is 2.43. The number of rotatable bonds is 6. The predicted molar refractivity (Wildman–Crippen MR) is 129 cm³/mol. The fourth-order valence-corrected chi connectivity index (χ4v) is 4.17. The molecule has 11 heteroatoms. The SMILES string of the molecule is COc1cc(/C=C2/C(=O)NN(c3ccccc3)C2=O)c(Br)c(Cl)c1OCC(=O)N1CCOCC1. The largest absolute Gasteiger partial charge is 0.493 e. The molecule has 0 aliphatic carbocycles. The van der Waals surface area contributed by atoms with E-state index in [1.807, 2.05) is 6.07 Å².